The number of aromatic nitrogens is 3. The molecule has 1 aromatic carbocycles. The van der Waals surface area contributed by atoms with Crippen LogP contribution in [-0.2, 0) is 0 Å². The molecule has 8 heteroatoms. The molecule has 1 fully saturated rings. The van der Waals surface area contributed by atoms with Crippen molar-refractivity contribution in [2.45, 2.75) is 6.92 Å². The molecular weight excluding hydrogens is 386 g/mol. The maximum atomic E-state index is 13.0. The summed E-state index contributed by atoms with van der Waals surface area (Å²) < 4.78 is 2.34. The monoisotopic (exact) mass is 405 g/mol. The molecular formula is C21H19N5O2S. The van der Waals surface area contributed by atoms with Gasteiger partial charge in [-0.3, -0.25) is 9.59 Å². The molecule has 2 aliphatic rings. The van der Waals surface area contributed by atoms with Crippen LogP contribution in [0.25, 0.3) is 11.0 Å². The molecule has 0 atom stereocenters. The first-order chi connectivity index (χ1) is 14.0. The number of piperazine rings is 1. The molecule has 1 aliphatic heterocycles. The van der Waals surface area contributed by atoms with Crippen molar-refractivity contribution in [1.82, 2.24) is 19.3 Å². The summed E-state index contributed by atoms with van der Waals surface area (Å²) in [5, 5.41) is 0. The zero-order chi connectivity index (χ0) is 20.1. The average Bonchev–Trinajstić information content (AvgIpc) is 2.76. The van der Waals surface area contributed by atoms with Gasteiger partial charge in [0.1, 0.15) is 17.1 Å². The minimum Gasteiger partial charge on any atom is -0.369 e. The quantitative estimate of drug-likeness (QED) is 0.471. The third-order valence-electron chi connectivity index (χ3n) is 5.43. The third kappa shape index (κ3) is 2.99. The van der Waals surface area contributed by atoms with Crippen molar-refractivity contribution in [3.05, 3.63) is 58.7 Å². The Morgan fingerprint density at radius 3 is 2.31 bits per heavy atom. The maximum Gasteiger partial charge on any atom is 0.232 e. The summed E-state index contributed by atoms with van der Waals surface area (Å²) in [5.74, 6) is -0.638. The Bertz CT molecular complexity index is 1170. The van der Waals surface area contributed by atoms with Crippen LogP contribution in [0.5, 0.6) is 0 Å². The molecule has 1 aliphatic carbocycles. The van der Waals surface area contributed by atoms with E-state index >= 15 is 0 Å². The minimum atomic E-state index is -0.341. The van der Waals surface area contributed by atoms with Gasteiger partial charge in [-0.15, -0.1) is 0 Å². The summed E-state index contributed by atoms with van der Waals surface area (Å²) in [5.41, 5.74) is 3.64. The van der Waals surface area contributed by atoms with Gasteiger partial charge in [0.15, 0.2) is 0 Å². The summed E-state index contributed by atoms with van der Waals surface area (Å²) in [6.07, 6.45) is 2.09. The normalized spacial score (nSPS) is 16.8. The first kappa shape index (κ1) is 18.2. The lowest BCUT2D eigenvalue weighted by molar-refractivity contribution is 0.0968. The number of hydrogen-bond donors (Lipinski definition) is 0. The van der Waals surface area contributed by atoms with Crippen LogP contribution >= 0.6 is 11.9 Å². The number of rotatable bonds is 2. The summed E-state index contributed by atoms with van der Waals surface area (Å²) in [7, 11) is 0. The Labute approximate surface area is 172 Å². The third-order valence-corrected chi connectivity index (χ3v) is 6.32. The van der Waals surface area contributed by atoms with Gasteiger partial charge in [0.05, 0.1) is 16.6 Å². The standard InChI is InChI=1S/C21H19N5O2S/c1-12-3-5-14-17(22-12)21(28)19-18(20(14)27)23-15-6-4-13(11-16(15)24-19)25-7-9-26(29-2)10-8-25/h3-6,11H,7-10H2,1-2H3. The number of benzene rings is 1. The lowest BCUT2D eigenvalue weighted by Crippen LogP contribution is -2.43. The molecule has 2 aromatic heterocycles. The van der Waals surface area contributed by atoms with Crippen LogP contribution in [-0.4, -0.2) is 63.3 Å². The molecule has 0 N–H and O–H groups in total. The van der Waals surface area contributed by atoms with Crippen molar-refractivity contribution in [2.24, 2.45) is 0 Å². The number of anilines is 1. The predicted octanol–water partition coefficient (Wildman–Crippen LogP) is 2.51. The van der Waals surface area contributed by atoms with Crippen LogP contribution in [0.3, 0.4) is 0 Å². The lowest BCUT2D eigenvalue weighted by atomic mass is 9.93. The van der Waals surface area contributed by atoms with Crippen molar-refractivity contribution < 1.29 is 9.59 Å². The van der Waals surface area contributed by atoms with Gasteiger partial charge in [0.2, 0.25) is 11.6 Å². The van der Waals surface area contributed by atoms with Crippen LogP contribution in [0.1, 0.15) is 37.9 Å². The second kappa shape index (κ2) is 6.89. The first-order valence-corrected chi connectivity index (χ1v) is 10.7. The van der Waals surface area contributed by atoms with Crippen molar-refractivity contribution in [1.29, 1.82) is 0 Å². The van der Waals surface area contributed by atoms with E-state index in [0.29, 0.717) is 22.3 Å². The largest absolute Gasteiger partial charge is 0.369 e. The Morgan fingerprint density at radius 2 is 1.55 bits per heavy atom. The molecule has 3 aromatic rings. The number of hydrogen-bond acceptors (Lipinski definition) is 8. The molecule has 0 spiro atoms. The van der Waals surface area contributed by atoms with Gasteiger partial charge in [-0.2, -0.15) is 0 Å². The molecule has 0 bridgehead atoms. The van der Waals surface area contributed by atoms with Crippen molar-refractivity contribution >= 4 is 40.2 Å². The molecule has 0 unspecified atom stereocenters. The highest BCUT2D eigenvalue weighted by molar-refractivity contribution is 7.96. The number of carbonyl (C=O) groups excluding carboxylic acids is 2. The number of carbonyl (C=O) groups is 2. The number of ketones is 2. The lowest BCUT2D eigenvalue weighted by Gasteiger charge is -2.34. The van der Waals surface area contributed by atoms with Gasteiger partial charge in [0, 0.05) is 37.6 Å². The molecule has 7 nitrogen and oxygen atoms in total. The zero-order valence-electron chi connectivity index (χ0n) is 16.2. The summed E-state index contributed by atoms with van der Waals surface area (Å²) in [6.45, 7) is 5.63. The van der Waals surface area contributed by atoms with Crippen LogP contribution in [0, 0.1) is 6.92 Å². The number of nitrogens with zero attached hydrogens (tertiary/aromatic N) is 5. The van der Waals surface area contributed by atoms with Gasteiger partial charge >= 0.3 is 0 Å². The fourth-order valence-electron chi connectivity index (χ4n) is 3.84. The SMILES string of the molecule is CSN1CCN(c2ccc3nc4c(nc3c2)C(=O)c2nc(C)ccc2C4=O)CC1. The average molecular weight is 405 g/mol. The van der Waals surface area contributed by atoms with Crippen LogP contribution in [0.15, 0.2) is 30.3 Å². The van der Waals surface area contributed by atoms with Gasteiger partial charge in [-0.1, -0.05) is 11.9 Å². The minimum absolute atomic E-state index is 0.0949. The highest BCUT2D eigenvalue weighted by atomic mass is 32.2. The van der Waals surface area contributed by atoms with Gasteiger partial charge < -0.3 is 4.90 Å². The molecule has 0 radical (unpaired) electrons. The van der Waals surface area contributed by atoms with E-state index < -0.39 is 0 Å². The molecule has 1 saturated heterocycles. The van der Waals surface area contributed by atoms with E-state index in [4.69, 9.17) is 0 Å². The smallest absolute Gasteiger partial charge is 0.232 e. The molecule has 0 amide bonds. The Hall–Kier alpha value is -2.84. The highest BCUT2D eigenvalue weighted by Gasteiger charge is 2.34. The number of aryl methyl sites for hydroxylation is 1. The molecule has 29 heavy (non-hydrogen) atoms. The van der Waals surface area contributed by atoms with Gasteiger partial charge in [0.25, 0.3) is 0 Å². The highest BCUT2D eigenvalue weighted by Crippen LogP contribution is 2.28. The fraction of sp³-hybridized carbons (Fsp3) is 0.286. The topological polar surface area (TPSA) is 79.3 Å². The maximum absolute atomic E-state index is 13.0. The summed E-state index contributed by atoms with van der Waals surface area (Å²) >= 11 is 1.77. The van der Waals surface area contributed by atoms with Crippen molar-refractivity contribution in [3.8, 4) is 0 Å². The second-order valence-electron chi connectivity index (χ2n) is 7.20. The van der Waals surface area contributed by atoms with E-state index in [1.165, 1.54) is 0 Å². The van der Waals surface area contributed by atoms with E-state index in [1.54, 1.807) is 31.0 Å². The summed E-state index contributed by atoms with van der Waals surface area (Å²) in [6, 6.07) is 9.20. The van der Waals surface area contributed by atoms with E-state index in [1.807, 2.05) is 18.2 Å². The van der Waals surface area contributed by atoms with Crippen LogP contribution < -0.4 is 4.90 Å². The number of pyridine rings is 1. The fourth-order valence-corrected chi connectivity index (χ4v) is 4.37. The Morgan fingerprint density at radius 1 is 0.828 bits per heavy atom. The van der Waals surface area contributed by atoms with E-state index in [0.717, 1.165) is 31.9 Å². The second-order valence-corrected chi connectivity index (χ2v) is 8.08. The Kier molecular flexibility index (Phi) is 4.33. The van der Waals surface area contributed by atoms with Crippen molar-refractivity contribution in [3.63, 3.8) is 0 Å². The predicted molar refractivity (Wildman–Crippen MR) is 113 cm³/mol. The Balaban J connectivity index is 1.56. The zero-order valence-corrected chi connectivity index (χ0v) is 17.0. The van der Waals surface area contributed by atoms with E-state index in [2.05, 4.69) is 30.4 Å². The molecule has 3 heterocycles. The van der Waals surface area contributed by atoms with Crippen molar-refractivity contribution in [2.75, 3.05) is 37.3 Å². The van der Waals surface area contributed by atoms with Crippen LogP contribution in [0.2, 0.25) is 0 Å². The number of fused-ring (bicyclic) bond motifs is 3. The molecule has 146 valence electrons. The first-order valence-electron chi connectivity index (χ1n) is 9.48. The molecule has 5 rings (SSSR count). The van der Waals surface area contributed by atoms with Crippen LogP contribution in [0.4, 0.5) is 5.69 Å². The summed E-state index contributed by atoms with van der Waals surface area (Å²) in [4.78, 5) is 41.5. The van der Waals surface area contributed by atoms with E-state index in [-0.39, 0.29) is 28.6 Å². The van der Waals surface area contributed by atoms with E-state index in [9.17, 15) is 9.59 Å². The molecule has 0 saturated carbocycles. The van der Waals surface area contributed by atoms with Gasteiger partial charge in [-0.25, -0.2) is 19.3 Å². The van der Waals surface area contributed by atoms with Gasteiger partial charge in [-0.05, 0) is 43.5 Å².